The molecule has 0 aliphatic carbocycles. The molecule has 3 rings (SSSR count). The summed E-state index contributed by atoms with van der Waals surface area (Å²) in [5.74, 6) is 0.151. The van der Waals surface area contributed by atoms with Crippen LogP contribution in [-0.4, -0.2) is 43.0 Å². The molecule has 5 nitrogen and oxygen atoms in total. The average Bonchev–Trinajstić information content (AvgIpc) is 3.30. The van der Waals surface area contributed by atoms with Crippen LogP contribution in [0.5, 0.6) is 5.75 Å². The number of likely N-dealkylation sites (N-methyl/N-ethyl adjacent to an activating group) is 1. The predicted octanol–water partition coefficient (Wildman–Crippen LogP) is 4.28. The van der Waals surface area contributed by atoms with E-state index in [0.717, 1.165) is 5.56 Å². The number of hydrogen-bond donors (Lipinski definition) is 1. The quantitative estimate of drug-likeness (QED) is 0.538. The van der Waals surface area contributed by atoms with Crippen molar-refractivity contribution in [3.63, 3.8) is 0 Å². The molecule has 2 aromatic carbocycles. The summed E-state index contributed by atoms with van der Waals surface area (Å²) in [6.07, 6.45) is 0.409. The summed E-state index contributed by atoms with van der Waals surface area (Å²) in [5.41, 5.74) is 0.975. The van der Waals surface area contributed by atoms with E-state index in [4.69, 9.17) is 16.3 Å². The maximum Gasteiger partial charge on any atom is 0.262 e. The lowest BCUT2D eigenvalue weighted by molar-refractivity contribution is -0.132. The number of carbonyl (C=O) groups excluding carboxylic acids is 2. The maximum absolute atomic E-state index is 13.1. The molecule has 0 radical (unpaired) electrons. The fourth-order valence-corrected chi connectivity index (χ4v) is 3.73. The first-order chi connectivity index (χ1) is 14.5. The molecule has 3 aromatic rings. The number of thiophene rings is 1. The zero-order valence-corrected chi connectivity index (χ0v) is 18.2. The maximum atomic E-state index is 13.1. The number of hydrogen-bond acceptors (Lipinski definition) is 4. The number of halogens is 1. The van der Waals surface area contributed by atoms with Gasteiger partial charge in [-0.2, -0.15) is 0 Å². The van der Waals surface area contributed by atoms with E-state index in [-0.39, 0.29) is 11.8 Å². The lowest BCUT2D eigenvalue weighted by Gasteiger charge is -2.25. The molecule has 0 unspecified atom stereocenters. The van der Waals surface area contributed by atoms with E-state index in [9.17, 15) is 9.59 Å². The summed E-state index contributed by atoms with van der Waals surface area (Å²) in [5, 5.41) is 5.24. The molecule has 0 aliphatic heterocycles. The minimum Gasteiger partial charge on any atom is -0.490 e. The molecule has 1 aromatic heterocycles. The first-order valence-electron chi connectivity index (χ1n) is 9.55. The van der Waals surface area contributed by atoms with Crippen LogP contribution in [0.2, 0.25) is 5.02 Å². The Morgan fingerprint density at radius 3 is 2.50 bits per heavy atom. The number of rotatable bonds is 9. The van der Waals surface area contributed by atoms with Gasteiger partial charge in [0.25, 0.3) is 5.91 Å². The molecular formula is C23H23ClN2O3S. The summed E-state index contributed by atoms with van der Waals surface area (Å²) in [6, 6.07) is 19.7. The van der Waals surface area contributed by atoms with Crippen molar-refractivity contribution in [1.29, 1.82) is 0 Å². The van der Waals surface area contributed by atoms with Crippen molar-refractivity contribution in [2.45, 2.75) is 12.5 Å². The van der Waals surface area contributed by atoms with E-state index >= 15 is 0 Å². The van der Waals surface area contributed by atoms with Crippen LogP contribution in [0, 0.1) is 0 Å². The Labute approximate surface area is 185 Å². The molecule has 0 aliphatic rings. The SMILES string of the molecule is CN(CCOc1ccccc1Cl)C(=O)[C@H](Cc1ccccc1)NC(=O)c1cccs1. The molecular weight excluding hydrogens is 420 g/mol. The van der Waals surface area contributed by atoms with Crippen LogP contribution in [0.15, 0.2) is 72.1 Å². The third-order valence-corrected chi connectivity index (χ3v) is 5.71. The van der Waals surface area contributed by atoms with Gasteiger partial charge in [0.05, 0.1) is 16.4 Å². The molecule has 0 fully saturated rings. The Morgan fingerprint density at radius 1 is 1.07 bits per heavy atom. The first kappa shape index (κ1) is 21.9. The Kier molecular flexibility index (Phi) is 7.88. The highest BCUT2D eigenvalue weighted by Crippen LogP contribution is 2.22. The zero-order chi connectivity index (χ0) is 21.3. The summed E-state index contributed by atoms with van der Waals surface area (Å²) in [4.78, 5) is 27.8. The predicted molar refractivity (Wildman–Crippen MR) is 120 cm³/mol. The van der Waals surface area contributed by atoms with Gasteiger partial charge in [-0.3, -0.25) is 9.59 Å². The van der Waals surface area contributed by atoms with Gasteiger partial charge in [0, 0.05) is 13.5 Å². The van der Waals surface area contributed by atoms with E-state index in [1.807, 2.05) is 53.9 Å². The highest BCUT2D eigenvalue weighted by Gasteiger charge is 2.25. The van der Waals surface area contributed by atoms with Crippen LogP contribution in [-0.2, 0) is 11.2 Å². The highest BCUT2D eigenvalue weighted by atomic mass is 35.5. The largest absolute Gasteiger partial charge is 0.490 e. The number of carbonyl (C=O) groups is 2. The second-order valence-corrected chi connectivity index (χ2v) is 8.09. The van der Waals surface area contributed by atoms with Gasteiger partial charge in [0.15, 0.2) is 0 Å². The lowest BCUT2D eigenvalue weighted by Crippen LogP contribution is -2.49. The first-order valence-corrected chi connectivity index (χ1v) is 10.8. The lowest BCUT2D eigenvalue weighted by atomic mass is 10.0. The third-order valence-electron chi connectivity index (χ3n) is 4.53. The van der Waals surface area contributed by atoms with Crippen molar-refractivity contribution < 1.29 is 14.3 Å². The fourth-order valence-electron chi connectivity index (χ4n) is 2.92. The number of para-hydroxylation sites is 1. The van der Waals surface area contributed by atoms with Crippen molar-refractivity contribution in [2.75, 3.05) is 20.2 Å². The van der Waals surface area contributed by atoms with Crippen molar-refractivity contribution in [3.05, 3.63) is 87.6 Å². The number of ether oxygens (including phenoxy) is 1. The molecule has 1 atom stereocenters. The second-order valence-electron chi connectivity index (χ2n) is 6.73. The highest BCUT2D eigenvalue weighted by molar-refractivity contribution is 7.12. The van der Waals surface area contributed by atoms with Crippen LogP contribution < -0.4 is 10.1 Å². The monoisotopic (exact) mass is 442 g/mol. The number of nitrogens with zero attached hydrogens (tertiary/aromatic N) is 1. The van der Waals surface area contributed by atoms with Gasteiger partial charge in [0.2, 0.25) is 5.91 Å². The number of benzene rings is 2. The molecule has 0 spiro atoms. The minimum atomic E-state index is -0.674. The van der Waals surface area contributed by atoms with Crippen molar-refractivity contribution >= 4 is 34.8 Å². The standard InChI is InChI=1S/C23H23ClN2O3S/c1-26(13-14-29-20-11-6-5-10-18(20)24)23(28)19(16-17-8-3-2-4-9-17)25-22(27)21-12-7-15-30-21/h2-12,15,19H,13-14,16H2,1H3,(H,25,27)/t19-/m0/s1. The number of nitrogens with one attached hydrogen (secondary N) is 1. The summed E-state index contributed by atoms with van der Waals surface area (Å²) in [6.45, 7) is 0.660. The van der Waals surface area contributed by atoms with Gasteiger partial charge >= 0.3 is 0 Å². The van der Waals surface area contributed by atoms with E-state index < -0.39 is 6.04 Å². The number of amides is 2. The zero-order valence-electron chi connectivity index (χ0n) is 16.6. The van der Waals surface area contributed by atoms with Crippen molar-refractivity contribution in [1.82, 2.24) is 10.2 Å². The molecule has 2 amide bonds. The van der Waals surface area contributed by atoms with Crippen molar-refractivity contribution in [3.8, 4) is 5.75 Å². The van der Waals surface area contributed by atoms with Gasteiger partial charge in [-0.15, -0.1) is 11.3 Å². The van der Waals surface area contributed by atoms with Crippen LogP contribution in [0.4, 0.5) is 0 Å². The molecule has 0 saturated carbocycles. The van der Waals surface area contributed by atoms with Gasteiger partial charge in [0.1, 0.15) is 18.4 Å². The summed E-state index contributed by atoms with van der Waals surface area (Å²) >= 11 is 7.44. The van der Waals surface area contributed by atoms with E-state index in [1.165, 1.54) is 11.3 Å². The molecule has 0 bridgehead atoms. The molecule has 7 heteroatoms. The normalized spacial score (nSPS) is 11.5. The van der Waals surface area contributed by atoms with Crippen LogP contribution in [0.25, 0.3) is 0 Å². The molecule has 1 heterocycles. The Morgan fingerprint density at radius 2 is 1.80 bits per heavy atom. The van der Waals surface area contributed by atoms with Gasteiger partial charge < -0.3 is 15.0 Å². The van der Waals surface area contributed by atoms with E-state index in [0.29, 0.717) is 35.2 Å². The fraction of sp³-hybridized carbons (Fsp3) is 0.217. The Hall–Kier alpha value is -2.83. The van der Waals surface area contributed by atoms with Crippen LogP contribution in [0.3, 0.4) is 0 Å². The van der Waals surface area contributed by atoms with Gasteiger partial charge in [-0.1, -0.05) is 60.1 Å². The van der Waals surface area contributed by atoms with E-state index in [1.54, 1.807) is 30.1 Å². The summed E-state index contributed by atoms with van der Waals surface area (Å²) < 4.78 is 5.68. The van der Waals surface area contributed by atoms with Crippen molar-refractivity contribution in [2.24, 2.45) is 0 Å². The second kappa shape index (κ2) is 10.8. The Balaban J connectivity index is 1.63. The smallest absolute Gasteiger partial charge is 0.262 e. The Bertz CT molecular complexity index is 964. The molecule has 156 valence electrons. The third kappa shape index (κ3) is 6.08. The van der Waals surface area contributed by atoms with Crippen LogP contribution in [0.1, 0.15) is 15.2 Å². The summed E-state index contributed by atoms with van der Waals surface area (Å²) in [7, 11) is 1.70. The van der Waals surface area contributed by atoms with Gasteiger partial charge in [-0.05, 0) is 29.1 Å². The topological polar surface area (TPSA) is 58.6 Å². The molecule has 0 saturated heterocycles. The average molecular weight is 443 g/mol. The van der Waals surface area contributed by atoms with E-state index in [2.05, 4.69) is 5.32 Å². The van der Waals surface area contributed by atoms with Crippen LogP contribution >= 0.6 is 22.9 Å². The molecule has 30 heavy (non-hydrogen) atoms. The van der Waals surface area contributed by atoms with Gasteiger partial charge in [-0.25, -0.2) is 0 Å². The molecule has 1 N–H and O–H groups in total. The minimum absolute atomic E-state index is 0.175.